The van der Waals surface area contributed by atoms with Crippen LogP contribution < -0.4 is 0 Å². The summed E-state index contributed by atoms with van der Waals surface area (Å²) in [5.74, 6) is 0.840. The fourth-order valence-corrected chi connectivity index (χ4v) is 2.07. The molecule has 1 aliphatic rings. The number of ketones is 2. The molecule has 14 heavy (non-hydrogen) atoms. The molecule has 0 unspecified atom stereocenters. The van der Waals surface area contributed by atoms with Crippen LogP contribution in [0.25, 0.3) is 0 Å². The van der Waals surface area contributed by atoms with Crippen LogP contribution in [0.1, 0.15) is 39.0 Å². The average molecular weight is 194 g/mol. The average Bonchev–Trinajstić information content (AvgIpc) is 2.17. The van der Waals surface area contributed by atoms with Gasteiger partial charge in [0.05, 0.1) is 6.42 Å². The fourth-order valence-electron chi connectivity index (χ4n) is 2.07. The van der Waals surface area contributed by atoms with Gasteiger partial charge in [0.15, 0.2) is 0 Å². The molecule has 0 atom stereocenters. The minimum Gasteiger partial charge on any atom is -0.300 e. The summed E-state index contributed by atoms with van der Waals surface area (Å²) in [4.78, 5) is 22.3. The second-order valence-corrected chi connectivity index (χ2v) is 4.19. The quantitative estimate of drug-likeness (QED) is 0.509. The molecule has 1 fully saturated rings. The largest absolute Gasteiger partial charge is 0.300 e. The molecule has 78 valence electrons. The Hall–Kier alpha value is -0.920. The van der Waals surface area contributed by atoms with Crippen molar-refractivity contribution in [1.29, 1.82) is 0 Å². The van der Waals surface area contributed by atoms with Crippen LogP contribution in [-0.2, 0) is 9.59 Å². The molecule has 0 aliphatic heterocycles. The molecule has 0 spiro atoms. The van der Waals surface area contributed by atoms with Crippen LogP contribution in [0.4, 0.5) is 0 Å². The maximum atomic E-state index is 11.6. The molecule has 0 aromatic heterocycles. The van der Waals surface area contributed by atoms with E-state index in [1.807, 2.05) is 6.08 Å². The predicted molar refractivity (Wildman–Crippen MR) is 56.0 cm³/mol. The molecule has 0 N–H and O–H groups in total. The first-order chi connectivity index (χ1) is 6.63. The second-order valence-electron chi connectivity index (χ2n) is 4.19. The van der Waals surface area contributed by atoms with Crippen molar-refractivity contribution in [3.05, 3.63) is 12.7 Å². The number of carbonyl (C=O) groups is 2. The Balaban J connectivity index is 2.37. The molecule has 0 radical (unpaired) electrons. The predicted octanol–water partition coefficient (Wildman–Crippen LogP) is 2.53. The second kappa shape index (κ2) is 5.08. The SMILES string of the molecule is C=CC1CCC(C(=O)CC(C)=O)CC1. The number of allylic oxidation sites excluding steroid dienone is 1. The van der Waals surface area contributed by atoms with Crippen molar-refractivity contribution in [1.82, 2.24) is 0 Å². The van der Waals surface area contributed by atoms with Crippen LogP contribution in [0.2, 0.25) is 0 Å². The third-order valence-electron chi connectivity index (χ3n) is 2.98. The summed E-state index contributed by atoms with van der Waals surface area (Å²) < 4.78 is 0. The van der Waals surface area contributed by atoms with Gasteiger partial charge in [-0.05, 0) is 38.5 Å². The lowest BCUT2D eigenvalue weighted by Gasteiger charge is -2.25. The van der Waals surface area contributed by atoms with Gasteiger partial charge in [0.25, 0.3) is 0 Å². The van der Waals surface area contributed by atoms with E-state index in [0.717, 1.165) is 25.7 Å². The molecule has 2 nitrogen and oxygen atoms in total. The van der Waals surface area contributed by atoms with Crippen LogP contribution in [0.5, 0.6) is 0 Å². The van der Waals surface area contributed by atoms with Gasteiger partial charge in [-0.15, -0.1) is 6.58 Å². The topological polar surface area (TPSA) is 34.1 Å². The van der Waals surface area contributed by atoms with Crippen molar-refractivity contribution >= 4 is 11.6 Å². The standard InChI is InChI=1S/C12H18O2/c1-3-10-4-6-11(7-5-10)12(14)8-9(2)13/h3,10-11H,1,4-8H2,2H3. The zero-order valence-electron chi connectivity index (χ0n) is 8.79. The smallest absolute Gasteiger partial charge is 0.143 e. The summed E-state index contributed by atoms with van der Waals surface area (Å²) in [7, 11) is 0. The monoisotopic (exact) mass is 194 g/mol. The van der Waals surface area contributed by atoms with Gasteiger partial charge >= 0.3 is 0 Å². The number of Topliss-reactive ketones (excluding diaryl/α,β-unsaturated/α-hetero) is 2. The summed E-state index contributed by atoms with van der Waals surface area (Å²) >= 11 is 0. The Labute approximate surface area is 85.4 Å². The van der Waals surface area contributed by atoms with E-state index in [9.17, 15) is 9.59 Å². The molecule has 0 heterocycles. The van der Waals surface area contributed by atoms with E-state index in [-0.39, 0.29) is 23.9 Å². The maximum absolute atomic E-state index is 11.6. The Morgan fingerprint density at radius 1 is 1.29 bits per heavy atom. The number of hydrogen-bond acceptors (Lipinski definition) is 2. The molecule has 0 saturated heterocycles. The van der Waals surface area contributed by atoms with Crippen molar-refractivity contribution in [2.24, 2.45) is 11.8 Å². The molecule has 2 heteroatoms. The van der Waals surface area contributed by atoms with Gasteiger partial charge in [-0.2, -0.15) is 0 Å². The van der Waals surface area contributed by atoms with Crippen LogP contribution in [-0.4, -0.2) is 11.6 Å². The summed E-state index contributed by atoms with van der Waals surface area (Å²) in [6, 6.07) is 0. The van der Waals surface area contributed by atoms with Gasteiger partial charge < -0.3 is 0 Å². The van der Waals surface area contributed by atoms with Crippen molar-refractivity contribution in [3.8, 4) is 0 Å². The third-order valence-corrected chi connectivity index (χ3v) is 2.98. The van der Waals surface area contributed by atoms with Crippen LogP contribution in [0.3, 0.4) is 0 Å². The zero-order chi connectivity index (χ0) is 10.6. The molecule has 0 aromatic rings. The van der Waals surface area contributed by atoms with Gasteiger partial charge in [-0.25, -0.2) is 0 Å². The molecule has 0 amide bonds. The normalized spacial score (nSPS) is 26.9. The van der Waals surface area contributed by atoms with Crippen molar-refractivity contribution < 1.29 is 9.59 Å². The van der Waals surface area contributed by atoms with Gasteiger partial charge in [0.2, 0.25) is 0 Å². The summed E-state index contributed by atoms with van der Waals surface area (Å²) in [6.07, 6.45) is 6.08. The van der Waals surface area contributed by atoms with E-state index in [1.54, 1.807) is 0 Å². The van der Waals surface area contributed by atoms with Gasteiger partial charge in [0.1, 0.15) is 11.6 Å². The molecule has 1 rings (SSSR count). The summed E-state index contributed by atoms with van der Waals surface area (Å²) in [6.45, 7) is 5.24. The van der Waals surface area contributed by atoms with Crippen molar-refractivity contribution in [3.63, 3.8) is 0 Å². The van der Waals surface area contributed by atoms with Gasteiger partial charge in [-0.1, -0.05) is 6.08 Å². The first-order valence-corrected chi connectivity index (χ1v) is 5.28. The number of hydrogen-bond donors (Lipinski definition) is 0. The van der Waals surface area contributed by atoms with Crippen LogP contribution >= 0.6 is 0 Å². The first kappa shape index (κ1) is 11.2. The highest BCUT2D eigenvalue weighted by molar-refractivity contribution is 5.99. The molecule has 1 aliphatic carbocycles. The Morgan fingerprint density at radius 3 is 2.29 bits per heavy atom. The van der Waals surface area contributed by atoms with Crippen LogP contribution in [0.15, 0.2) is 12.7 Å². The minimum absolute atomic E-state index is 0.0131. The minimum atomic E-state index is -0.0131. The van der Waals surface area contributed by atoms with E-state index >= 15 is 0 Å². The van der Waals surface area contributed by atoms with E-state index in [2.05, 4.69) is 6.58 Å². The van der Waals surface area contributed by atoms with E-state index < -0.39 is 0 Å². The van der Waals surface area contributed by atoms with Gasteiger partial charge in [-0.3, -0.25) is 9.59 Å². The van der Waals surface area contributed by atoms with E-state index in [0.29, 0.717) is 5.92 Å². The Bertz CT molecular complexity index is 235. The maximum Gasteiger partial charge on any atom is 0.143 e. The fraction of sp³-hybridized carbons (Fsp3) is 0.667. The van der Waals surface area contributed by atoms with Crippen molar-refractivity contribution in [2.45, 2.75) is 39.0 Å². The molecule has 0 aromatic carbocycles. The highest BCUT2D eigenvalue weighted by Gasteiger charge is 2.25. The molecule has 0 bridgehead atoms. The lowest BCUT2D eigenvalue weighted by Crippen LogP contribution is -2.22. The van der Waals surface area contributed by atoms with Crippen molar-refractivity contribution in [2.75, 3.05) is 0 Å². The lowest BCUT2D eigenvalue weighted by molar-refractivity contribution is -0.129. The summed E-state index contributed by atoms with van der Waals surface area (Å²) in [5, 5.41) is 0. The molecule has 1 saturated carbocycles. The highest BCUT2D eigenvalue weighted by atomic mass is 16.1. The number of rotatable bonds is 4. The lowest BCUT2D eigenvalue weighted by atomic mass is 9.79. The Kier molecular flexibility index (Phi) is 4.05. The molecular weight excluding hydrogens is 176 g/mol. The molecular formula is C12H18O2. The highest BCUT2D eigenvalue weighted by Crippen LogP contribution is 2.30. The first-order valence-electron chi connectivity index (χ1n) is 5.28. The van der Waals surface area contributed by atoms with Crippen LogP contribution in [0, 0.1) is 11.8 Å². The zero-order valence-corrected chi connectivity index (χ0v) is 8.79. The Morgan fingerprint density at radius 2 is 1.86 bits per heavy atom. The van der Waals surface area contributed by atoms with E-state index in [4.69, 9.17) is 0 Å². The third kappa shape index (κ3) is 3.09. The van der Waals surface area contributed by atoms with E-state index in [1.165, 1.54) is 6.92 Å². The summed E-state index contributed by atoms with van der Waals surface area (Å²) in [5.41, 5.74) is 0. The number of carbonyl (C=O) groups excluding carboxylic acids is 2. The van der Waals surface area contributed by atoms with Gasteiger partial charge in [0, 0.05) is 5.92 Å².